The molecule has 0 bridgehead atoms. The Hall–Kier alpha value is -3.40. The van der Waals surface area contributed by atoms with Crippen molar-refractivity contribution in [2.24, 2.45) is 5.92 Å². The minimum absolute atomic E-state index is 0.0990. The molecule has 1 heterocycles. The Morgan fingerprint density at radius 2 is 1.71 bits per heavy atom. The van der Waals surface area contributed by atoms with Crippen LogP contribution in [0.25, 0.3) is 0 Å². The molecule has 3 atom stereocenters. The monoisotopic (exact) mass is 537 g/mol. The number of likely N-dealkylation sites (N-methyl/N-ethyl adjacent to an activating group) is 1. The van der Waals surface area contributed by atoms with E-state index in [9.17, 15) is 18.3 Å². The van der Waals surface area contributed by atoms with Crippen LogP contribution < -0.4 is 9.46 Å². The average Bonchev–Trinajstić information content (AvgIpc) is 2.91. The third-order valence-electron chi connectivity index (χ3n) is 6.78. The van der Waals surface area contributed by atoms with E-state index in [2.05, 4.69) is 21.8 Å². The molecule has 0 spiro atoms. The Morgan fingerprint density at radius 1 is 1.05 bits per heavy atom. The molecule has 1 aliphatic rings. The van der Waals surface area contributed by atoms with Gasteiger partial charge in [-0.2, -0.15) is 0 Å². The lowest BCUT2D eigenvalue weighted by atomic mass is 9.99. The third-order valence-corrected chi connectivity index (χ3v) is 8.16. The van der Waals surface area contributed by atoms with Gasteiger partial charge < -0.3 is 14.7 Å². The minimum Gasteiger partial charge on any atom is -0.486 e. The summed E-state index contributed by atoms with van der Waals surface area (Å²) in [6.07, 6.45) is -0.355. The first-order valence-corrected chi connectivity index (χ1v) is 14.2. The highest BCUT2D eigenvalue weighted by Crippen LogP contribution is 2.36. The summed E-state index contributed by atoms with van der Waals surface area (Å²) >= 11 is 0. The molecule has 1 amide bonds. The molecule has 0 aliphatic carbocycles. The van der Waals surface area contributed by atoms with Crippen LogP contribution in [0.2, 0.25) is 0 Å². The molecule has 9 heteroatoms. The molecule has 0 saturated heterocycles. The molecule has 2 N–H and O–H groups in total. The summed E-state index contributed by atoms with van der Waals surface area (Å²) in [4.78, 5) is 17.5. The van der Waals surface area contributed by atoms with Crippen LogP contribution in [-0.2, 0) is 16.6 Å². The number of para-hydroxylation sites is 1. The minimum atomic E-state index is -3.92. The SMILES string of the molecule is C[C@H]1CN([C@@H](C)CO)C(=O)c2cccc(NS(=O)(=O)c3ccccc3)c2O[C@H]1CN(C)Cc1ccccc1. The number of fused-ring (bicyclic) bond motifs is 1. The van der Waals surface area contributed by atoms with E-state index in [1.165, 1.54) is 12.1 Å². The lowest BCUT2D eigenvalue weighted by molar-refractivity contribution is 0.0344. The second-order valence-corrected chi connectivity index (χ2v) is 11.6. The predicted octanol–water partition coefficient (Wildman–Crippen LogP) is 3.84. The van der Waals surface area contributed by atoms with E-state index >= 15 is 0 Å². The van der Waals surface area contributed by atoms with Crippen molar-refractivity contribution >= 4 is 21.6 Å². The molecular formula is C29H35N3O5S. The van der Waals surface area contributed by atoms with Gasteiger partial charge in [-0.25, -0.2) is 8.42 Å². The lowest BCUT2D eigenvalue weighted by Crippen LogP contribution is -2.49. The van der Waals surface area contributed by atoms with Crippen molar-refractivity contribution < 1.29 is 23.1 Å². The van der Waals surface area contributed by atoms with Gasteiger partial charge in [0.2, 0.25) is 0 Å². The number of carbonyl (C=O) groups excluding carboxylic acids is 1. The summed E-state index contributed by atoms with van der Waals surface area (Å²) in [5.41, 5.74) is 1.61. The zero-order valence-electron chi connectivity index (χ0n) is 21.9. The van der Waals surface area contributed by atoms with Gasteiger partial charge in [0.05, 0.1) is 28.8 Å². The summed E-state index contributed by atoms with van der Waals surface area (Å²) in [6, 6.07) is 22.6. The van der Waals surface area contributed by atoms with Crippen molar-refractivity contribution in [3.63, 3.8) is 0 Å². The fourth-order valence-electron chi connectivity index (χ4n) is 4.61. The Morgan fingerprint density at radius 3 is 2.37 bits per heavy atom. The number of hydrogen-bond acceptors (Lipinski definition) is 6. The molecule has 1 aliphatic heterocycles. The number of anilines is 1. The van der Waals surface area contributed by atoms with Gasteiger partial charge >= 0.3 is 0 Å². The van der Waals surface area contributed by atoms with Crippen LogP contribution in [0.3, 0.4) is 0 Å². The molecule has 38 heavy (non-hydrogen) atoms. The lowest BCUT2D eigenvalue weighted by Gasteiger charge is -2.38. The van der Waals surface area contributed by atoms with Crippen LogP contribution >= 0.6 is 0 Å². The largest absolute Gasteiger partial charge is 0.486 e. The maximum atomic E-state index is 13.6. The van der Waals surface area contributed by atoms with E-state index < -0.39 is 16.1 Å². The number of aliphatic hydroxyl groups is 1. The highest BCUT2D eigenvalue weighted by atomic mass is 32.2. The number of nitrogens with one attached hydrogen (secondary N) is 1. The second kappa shape index (κ2) is 12.0. The standard InChI is InChI=1S/C29H35N3O5S/c1-21-17-32(22(2)20-33)29(34)25-15-10-16-26(30-38(35,36)24-13-8-5-9-14-24)28(25)37-27(21)19-31(3)18-23-11-6-4-7-12-23/h4-16,21-22,27,30,33H,17-20H2,1-3H3/t21-,22-,27-/m0/s1. The van der Waals surface area contributed by atoms with Crippen molar-refractivity contribution in [3.05, 3.63) is 90.0 Å². The number of rotatable bonds is 9. The van der Waals surface area contributed by atoms with E-state index in [4.69, 9.17) is 4.74 Å². The van der Waals surface area contributed by atoms with Crippen LogP contribution in [0.1, 0.15) is 29.8 Å². The number of ether oxygens (including phenoxy) is 1. The highest BCUT2D eigenvalue weighted by molar-refractivity contribution is 7.92. The van der Waals surface area contributed by atoms with Gasteiger partial charge in [-0.15, -0.1) is 0 Å². The molecule has 4 rings (SSSR count). The van der Waals surface area contributed by atoms with E-state index in [0.29, 0.717) is 19.6 Å². The third kappa shape index (κ3) is 6.35. The van der Waals surface area contributed by atoms with Crippen molar-refractivity contribution in [2.45, 2.75) is 37.4 Å². The Labute approximate surface area is 224 Å². The molecule has 0 saturated carbocycles. The van der Waals surface area contributed by atoms with Gasteiger partial charge in [0.25, 0.3) is 15.9 Å². The van der Waals surface area contributed by atoms with Crippen LogP contribution in [0.15, 0.2) is 83.8 Å². The summed E-state index contributed by atoms with van der Waals surface area (Å²) in [5.74, 6) is -0.222. The molecule has 0 unspecified atom stereocenters. The molecule has 0 fully saturated rings. The number of amides is 1. The van der Waals surface area contributed by atoms with Crippen LogP contribution in [0.5, 0.6) is 5.75 Å². The smallest absolute Gasteiger partial charge is 0.262 e. The first-order chi connectivity index (χ1) is 18.2. The van der Waals surface area contributed by atoms with Gasteiger partial charge in [0, 0.05) is 25.6 Å². The van der Waals surface area contributed by atoms with Gasteiger partial charge in [0.1, 0.15) is 6.10 Å². The van der Waals surface area contributed by atoms with Crippen molar-refractivity contribution in [1.82, 2.24) is 9.80 Å². The van der Waals surface area contributed by atoms with Gasteiger partial charge in [-0.3, -0.25) is 14.4 Å². The molecule has 202 valence electrons. The van der Waals surface area contributed by atoms with E-state index in [-0.39, 0.29) is 46.4 Å². The molecular weight excluding hydrogens is 502 g/mol. The number of aliphatic hydroxyl groups excluding tert-OH is 1. The Balaban J connectivity index is 1.71. The first-order valence-electron chi connectivity index (χ1n) is 12.7. The second-order valence-electron chi connectivity index (χ2n) is 9.91. The van der Waals surface area contributed by atoms with E-state index in [1.54, 1.807) is 48.2 Å². The van der Waals surface area contributed by atoms with Crippen molar-refractivity contribution in [2.75, 3.05) is 31.5 Å². The predicted molar refractivity (Wildman–Crippen MR) is 148 cm³/mol. The number of hydrogen-bond donors (Lipinski definition) is 2. The molecule has 0 aromatic heterocycles. The molecule has 0 radical (unpaired) electrons. The zero-order chi connectivity index (χ0) is 27.3. The van der Waals surface area contributed by atoms with Gasteiger partial charge in [-0.05, 0) is 43.8 Å². The van der Waals surface area contributed by atoms with E-state index in [0.717, 1.165) is 5.56 Å². The average molecular weight is 538 g/mol. The number of benzene rings is 3. The summed E-state index contributed by atoms with van der Waals surface area (Å²) in [5, 5.41) is 9.89. The quantitative estimate of drug-likeness (QED) is 0.430. The number of sulfonamides is 1. The van der Waals surface area contributed by atoms with Crippen LogP contribution in [-0.4, -0.2) is 68.1 Å². The summed E-state index contributed by atoms with van der Waals surface area (Å²) in [6.45, 7) is 5.26. The maximum absolute atomic E-state index is 13.6. The Bertz CT molecular complexity index is 1330. The molecule has 8 nitrogen and oxygen atoms in total. The summed E-state index contributed by atoms with van der Waals surface area (Å²) in [7, 11) is -1.91. The van der Waals surface area contributed by atoms with Crippen molar-refractivity contribution in [3.8, 4) is 5.75 Å². The summed E-state index contributed by atoms with van der Waals surface area (Å²) < 4.78 is 35.5. The molecule has 3 aromatic rings. The van der Waals surface area contributed by atoms with E-state index in [1.807, 2.05) is 32.2 Å². The fraction of sp³-hybridized carbons (Fsp3) is 0.345. The van der Waals surface area contributed by atoms with Gasteiger partial charge in [-0.1, -0.05) is 61.5 Å². The van der Waals surface area contributed by atoms with Crippen molar-refractivity contribution in [1.29, 1.82) is 0 Å². The molecule has 3 aromatic carbocycles. The highest BCUT2D eigenvalue weighted by Gasteiger charge is 2.35. The maximum Gasteiger partial charge on any atom is 0.262 e. The van der Waals surface area contributed by atoms with Crippen LogP contribution in [0, 0.1) is 5.92 Å². The Kier molecular flexibility index (Phi) is 8.71. The first kappa shape index (κ1) is 27.6. The number of carbonyl (C=O) groups is 1. The van der Waals surface area contributed by atoms with Crippen LogP contribution in [0.4, 0.5) is 5.69 Å². The zero-order valence-corrected chi connectivity index (χ0v) is 22.8. The normalized spacial score (nSPS) is 18.8. The van der Waals surface area contributed by atoms with Gasteiger partial charge in [0.15, 0.2) is 5.75 Å². The fourth-order valence-corrected chi connectivity index (χ4v) is 5.70. The topological polar surface area (TPSA) is 99.2 Å². The number of nitrogens with zero attached hydrogens (tertiary/aromatic N) is 2.